The Bertz CT molecular complexity index is 411. The third-order valence-corrected chi connectivity index (χ3v) is 4.47. The summed E-state index contributed by atoms with van der Waals surface area (Å²) in [6, 6.07) is 3.99. The summed E-state index contributed by atoms with van der Waals surface area (Å²) in [7, 11) is 1.68. The van der Waals surface area contributed by atoms with E-state index in [1.807, 2.05) is 6.07 Å². The molecule has 17 heavy (non-hydrogen) atoms. The molecule has 1 aromatic carbocycles. The lowest BCUT2D eigenvalue weighted by atomic mass is 9.77. The van der Waals surface area contributed by atoms with Crippen molar-refractivity contribution in [3.8, 4) is 5.75 Å². The minimum atomic E-state index is 0.113. The van der Waals surface area contributed by atoms with Crippen LogP contribution in [0, 0.1) is 6.92 Å². The zero-order valence-electron chi connectivity index (χ0n) is 10.6. The van der Waals surface area contributed by atoms with Gasteiger partial charge in [-0.2, -0.15) is 0 Å². The molecule has 0 heterocycles. The van der Waals surface area contributed by atoms with E-state index in [9.17, 15) is 0 Å². The van der Waals surface area contributed by atoms with Gasteiger partial charge in [0.05, 0.1) is 7.11 Å². The predicted octanol–water partition coefficient (Wildman–Crippen LogP) is 3.43. The van der Waals surface area contributed by atoms with E-state index in [1.54, 1.807) is 7.11 Å². The lowest BCUT2D eigenvalue weighted by molar-refractivity contribution is 0.407. The Hall–Kier alpha value is -0.730. The van der Waals surface area contributed by atoms with E-state index >= 15 is 0 Å². The molecule has 0 aromatic heterocycles. The summed E-state index contributed by atoms with van der Waals surface area (Å²) in [5, 5.41) is 0.777. The Morgan fingerprint density at radius 3 is 2.53 bits per heavy atom. The van der Waals surface area contributed by atoms with Crippen molar-refractivity contribution >= 4 is 11.6 Å². The second kappa shape index (κ2) is 4.87. The smallest absolute Gasteiger partial charge is 0.120 e. The van der Waals surface area contributed by atoms with Gasteiger partial charge in [0.1, 0.15) is 5.75 Å². The van der Waals surface area contributed by atoms with Crippen molar-refractivity contribution in [1.82, 2.24) is 0 Å². The zero-order chi connectivity index (χ0) is 12.5. The molecule has 94 valence electrons. The van der Waals surface area contributed by atoms with Gasteiger partial charge in [0.25, 0.3) is 0 Å². The molecule has 1 fully saturated rings. The Kier molecular flexibility index (Phi) is 3.64. The number of methoxy groups -OCH3 is 1. The summed E-state index contributed by atoms with van der Waals surface area (Å²) in [4.78, 5) is 0. The van der Waals surface area contributed by atoms with Crippen molar-refractivity contribution in [3.63, 3.8) is 0 Å². The van der Waals surface area contributed by atoms with Crippen LogP contribution in [0.2, 0.25) is 5.02 Å². The van der Waals surface area contributed by atoms with Gasteiger partial charge >= 0.3 is 0 Å². The molecule has 1 aliphatic rings. The third kappa shape index (κ3) is 2.16. The first-order valence-corrected chi connectivity index (χ1v) is 6.55. The molecule has 2 rings (SSSR count). The van der Waals surface area contributed by atoms with Gasteiger partial charge in [0, 0.05) is 17.0 Å². The number of halogens is 1. The van der Waals surface area contributed by atoms with Crippen LogP contribution in [-0.2, 0) is 5.41 Å². The van der Waals surface area contributed by atoms with Crippen LogP contribution in [0.3, 0.4) is 0 Å². The summed E-state index contributed by atoms with van der Waals surface area (Å²) in [6.45, 7) is 2.77. The maximum atomic E-state index is 6.27. The number of rotatable bonds is 3. The Labute approximate surface area is 108 Å². The highest BCUT2D eigenvalue weighted by Gasteiger charge is 2.36. The van der Waals surface area contributed by atoms with Crippen LogP contribution in [-0.4, -0.2) is 13.7 Å². The van der Waals surface area contributed by atoms with Gasteiger partial charge in [-0.1, -0.05) is 24.4 Å². The standard InChI is InChI=1S/C14H20ClNO/c1-10-12(7-11(17-2)8-13(10)15)14(9-16)5-3-4-6-14/h7-8H,3-6,9,16H2,1-2H3. The molecule has 0 atom stereocenters. The second-order valence-corrected chi connectivity index (χ2v) is 5.38. The summed E-state index contributed by atoms with van der Waals surface area (Å²) >= 11 is 6.27. The molecule has 1 aliphatic carbocycles. The van der Waals surface area contributed by atoms with E-state index in [0.717, 1.165) is 29.2 Å². The molecule has 1 aromatic rings. The van der Waals surface area contributed by atoms with E-state index < -0.39 is 0 Å². The monoisotopic (exact) mass is 253 g/mol. The van der Waals surface area contributed by atoms with Gasteiger partial charge in [-0.3, -0.25) is 0 Å². The van der Waals surface area contributed by atoms with E-state index in [-0.39, 0.29) is 5.41 Å². The maximum Gasteiger partial charge on any atom is 0.120 e. The average molecular weight is 254 g/mol. The molecule has 0 aliphatic heterocycles. The number of hydrogen-bond acceptors (Lipinski definition) is 2. The first kappa shape index (κ1) is 12.7. The molecule has 2 nitrogen and oxygen atoms in total. The summed E-state index contributed by atoms with van der Waals surface area (Å²) in [6.07, 6.45) is 4.83. The highest BCUT2D eigenvalue weighted by atomic mass is 35.5. The third-order valence-electron chi connectivity index (χ3n) is 4.08. The molecule has 1 saturated carbocycles. The topological polar surface area (TPSA) is 35.2 Å². The van der Waals surface area contributed by atoms with E-state index in [2.05, 4.69) is 13.0 Å². The lowest BCUT2D eigenvalue weighted by Gasteiger charge is -2.30. The van der Waals surface area contributed by atoms with Crippen LogP contribution >= 0.6 is 11.6 Å². The average Bonchev–Trinajstić information content (AvgIpc) is 2.82. The van der Waals surface area contributed by atoms with Crippen molar-refractivity contribution in [2.24, 2.45) is 5.73 Å². The van der Waals surface area contributed by atoms with Crippen LogP contribution in [0.15, 0.2) is 12.1 Å². The Morgan fingerprint density at radius 1 is 1.35 bits per heavy atom. The van der Waals surface area contributed by atoms with Gasteiger partial charge in [-0.05, 0) is 43.0 Å². The highest BCUT2D eigenvalue weighted by molar-refractivity contribution is 6.31. The minimum Gasteiger partial charge on any atom is -0.497 e. The van der Waals surface area contributed by atoms with Gasteiger partial charge in [-0.15, -0.1) is 0 Å². The minimum absolute atomic E-state index is 0.113. The fourth-order valence-corrected chi connectivity index (χ4v) is 3.17. The maximum absolute atomic E-state index is 6.27. The Balaban J connectivity index is 2.52. The summed E-state index contributed by atoms with van der Waals surface area (Å²) < 4.78 is 5.31. The molecule has 0 unspecified atom stereocenters. The van der Waals surface area contributed by atoms with E-state index in [1.165, 1.54) is 18.4 Å². The largest absolute Gasteiger partial charge is 0.497 e. The molecule has 2 N–H and O–H groups in total. The van der Waals surface area contributed by atoms with E-state index in [4.69, 9.17) is 22.1 Å². The normalized spacial score (nSPS) is 18.4. The molecular weight excluding hydrogens is 234 g/mol. The summed E-state index contributed by atoms with van der Waals surface area (Å²) in [5.74, 6) is 0.829. The van der Waals surface area contributed by atoms with Crippen molar-refractivity contribution in [2.75, 3.05) is 13.7 Å². The first-order chi connectivity index (χ1) is 8.13. The SMILES string of the molecule is COc1cc(Cl)c(C)c(C2(CN)CCCC2)c1. The van der Waals surface area contributed by atoms with Crippen LogP contribution in [0.5, 0.6) is 5.75 Å². The quantitative estimate of drug-likeness (QED) is 0.896. The molecule has 3 heteroatoms. The van der Waals surface area contributed by atoms with Gasteiger partial charge in [-0.25, -0.2) is 0 Å². The van der Waals surface area contributed by atoms with Crippen LogP contribution < -0.4 is 10.5 Å². The van der Waals surface area contributed by atoms with Crippen molar-refractivity contribution in [2.45, 2.75) is 38.0 Å². The van der Waals surface area contributed by atoms with Gasteiger partial charge < -0.3 is 10.5 Å². The van der Waals surface area contributed by atoms with Crippen molar-refractivity contribution < 1.29 is 4.74 Å². The first-order valence-electron chi connectivity index (χ1n) is 6.17. The molecule has 0 amide bonds. The van der Waals surface area contributed by atoms with Crippen LogP contribution in [0.4, 0.5) is 0 Å². The lowest BCUT2D eigenvalue weighted by Crippen LogP contribution is -2.32. The van der Waals surface area contributed by atoms with E-state index in [0.29, 0.717) is 6.54 Å². The second-order valence-electron chi connectivity index (χ2n) is 4.97. The van der Waals surface area contributed by atoms with Gasteiger partial charge in [0.15, 0.2) is 0 Å². The zero-order valence-corrected chi connectivity index (χ0v) is 11.3. The predicted molar refractivity (Wildman–Crippen MR) is 71.9 cm³/mol. The Morgan fingerprint density at radius 2 is 2.00 bits per heavy atom. The number of hydrogen-bond donors (Lipinski definition) is 1. The van der Waals surface area contributed by atoms with Gasteiger partial charge in [0.2, 0.25) is 0 Å². The van der Waals surface area contributed by atoms with Crippen LogP contribution in [0.25, 0.3) is 0 Å². The molecule has 0 saturated heterocycles. The van der Waals surface area contributed by atoms with Crippen molar-refractivity contribution in [3.05, 3.63) is 28.3 Å². The van der Waals surface area contributed by atoms with Crippen LogP contribution in [0.1, 0.15) is 36.8 Å². The highest BCUT2D eigenvalue weighted by Crippen LogP contribution is 2.44. The number of nitrogens with two attached hydrogens (primary N) is 1. The fourth-order valence-electron chi connectivity index (χ4n) is 2.96. The number of benzene rings is 1. The molecule has 0 radical (unpaired) electrons. The van der Waals surface area contributed by atoms with Crippen molar-refractivity contribution in [1.29, 1.82) is 0 Å². The molecular formula is C14H20ClNO. The fraction of sp³-hybridized carbons (Fsp3) is 0.571. The summed E-state index contributed by atoms with van der Waals surface area (Å²) in [5.41, 5.74) is 8.57. The molecule has 0 spiro atoms. The molecule has 0 bridgehead atoms. The number of ether oxygens (including phenoxy) is 1.